The molecule has 1 heterocycles. The molecule has 2 aromatic carbocycles. The van der Waals surface area contributed by atoms with E-state index < -0.39 is 0 Å². The van der Waals surface area contributed by atoms with Crippen LogP contribution >= 0.6 is 0 Å². The monoisotopic (exact) mass is 336 g/mol. The highest BCUT2D eigenvalue weighted by Crippen LogP contribution is 2.27. The van der Waals surface area contributed by atoms with Gasteiger partial charge in [0, 0.05) is 30.1 Å². The highest BCUT2D eigenvalue weighted by molar-refractivity contribution is 5.98. The zero-order valence-corrected chi connectivity index (χ0v) is 14.1. The summed E-state index contributed by atoms with van der Waals surface area (Å²) >= 11 is 0. The van der Waals surface area contributed by atoms with E-state index in [1.54, 1.807) is 29.2 Å². The summed E-state index contributed by atoms with van der Waals surface area (Å²) in [7, 11) is 0. The first kappa shape index (κ1) is 16.9. The molecule has 0 bridgehead atoms. The molecule has 3 rings (SSSR count). The van der Waals surface area contributed by atoms with Gasteiger partial charge in [0.1, 0.15) is 0 Å². The van der Waals surface area contributed by atoms with E-state index in [-0.39, 0.29) is 30.1 Å². The number of anilines is 1. The van der Waals surface area contributed by atoms with Crippen molar-refractivity contribution in [3.63, 3.8) is 0 Å². The van der Waals surface area contributed by atoms with Crippen LogP contribution in [0, 0.1) is 0 Å². The zero-order chi connectivity index (χ0) is 17.8. The fourth-order valence-electron chi connectivity index (χ4n) is 3.06. The van der Waals surface area contributed by atoms with E-state index in [0.29, 0.717) is 24.2 Å². The predicted octanol–water partition coefficient (Wildman–Crippen LogP) is 2.84. The number of nitrogens with one attached hydrogen (secondary N) is 1. The first-order valence-corrected chi connectivity index (χ1v) is 8.26. The molecule has 1 atom stereocenters. The Balaban J connectivity index is 1.60. The van der Waals surface area contributed by atoms with Gasteiger partial charge >= 0.3 is 0 Å². The molecule has 0 saturated carbocycles. The standard InChI is InChI=1S/C20H20N2O3/c1-14(23)16-8-5-9-18(10-16)21-19(24)13-22-12-17(11-20(22)25)15-6-3-2-4-7-15/h2-10,17H,11-13H2,1H3,(H,21,24). The van der Waals surface area contributed by atoms with E-state index in [0.717, 1.165) is 5.56 Å². The van der Waals surface area contributed by atoms with Gasteiger partial charge in [-0.1, -0.05) is 42.5 Å². The summed E-state index contributed by atoms with van der Waals surface area (Å²) in [5.74, 6) is -0.205. The van der Waals surface area contributed by atoms with E-state index >= 15 is 0 Å². The summed E-state index contributed by atoms with van der Waals surface area (Å²) in [5.41, 5.74) is 2.22. The molecule has 5 heteroatoms. The van der Waals surface area contributed by atoms with E-state index in [9.17, 15) is 14.4 Å². The molecule has 0 aliphatic carbocycles. The molecule has 128 valence electrons. The van der Waals surface area contributed by atoms with Crippen molar-refractivity contribution in [1.29, 1.82) is 0 Å². The number of amides is 2. The molecule has 25 heavy (non-hydrogen) atoms. The van der Waals surface area contributed by atoms with Gasteiger partial charge in [-0.2, -0.15) is 0 Å². The Kier molecular flexibility index (Phi) is 4.93. The third-order valence-corrected chi connectivity index (χ3v) is 4.37. The highest BCUT2D eigenvalue weighted by atomic mass is 16.2. The van der Waals surface area contributed by atoms with Crippen molar-refractivity contribution >= 4 is 23.3 Å². The summed E-state index contributed by atoms with van der Waals surface area (Å²) in [4.78, 5) is 37.4. The Morgan fingerprint density at radius 2 is 1.88 bits per heavy atom. The fraction of sp³-hybridized carbons (Fsp3) is 0.250. The Morgan fingerprint density at radius 1 is 1.12 bits per heavy atom. The zero-order valence-electron chi connectivity index (χ0n) is 14.1. The second-order valence-electron chi connectivity index (χ2n) is 6.27. The summed E-state index contributed by atoms with van der Waals surface area (Å²) in [6.45, 7) is 2.05. The van der Waals surface area contributed by atoms with Crippen molar-refractivity contribution in [2.45, 2.75) is 19.3 Å². The third-order valence-electron chi connectivity index (χ3n) is 4.37. The summed E-state index contributed by atoms with van der Waals surface area (Å²) in [6, 6.07) is 16.7. The van der Waals surface area contributed by atoms with Crippen molar-refractivity contribution in [3.05, 3.63) is 65.7 Å². The normalized spacial score (nSPS) is 16.8. The van der Waals surface area contributed by atoms with Crippen molar-refractivity contribution in [1.82, 2.24) is 4.90 Å². The van der Waals surface area contributed by atoms with Crippen LogP contribution in [0.25, 0.3) is 0 Å². The maximum absolute atomic E-state index is 12.2. The molecule has 1 fully saturated rings. The first-order valence-electron chi connectivity index (χ1n) is 8.26. The van der Waals surface area contributed by atoms with E-state index in [4.69, 9.17) is 0 Å². The number of hydrogen-bond acceptors (Lipinski definition) is 3. The molecular formula is C20H20N2O3. The highest BCUT2D eigenvalue weighted by Gasteiger charge is 2.31. The lowest BCUT2D eigenvalue weighted by Gasteiger charge is -2.16. The predicted molar refractivity (Wildman–Crippen MR) is 95.5 cm³/mol. The lowest BCUT2D eigenvalue weighted by Crippen LogP contribution is -2.34. The SMILES string of the molecule is CC(=O)c1cccc(NC(=O)CN2CC(c3ccccc3)CC2=O)c1. The molecule has 5 nitrogen and oxygen atoms in total. The second kappa shape index (κ2) is 7.30. The quantitative estimate of drug-likeness (QED) is 0.854. The average molecular weight is 336 g/mol. The first-order chi connectivity index (χ1) is 12.0. The molecule has 0 aromatic heterocycles. The Morgan fingerprint density at radius 3 is 2.60 bits per heavy atom. The number of Topliss-reactive ketones (excluding diaryl/α,β-unsaturated/α-hetero) is 1. The Hall–Kier alpha value is -2.95. The van der Waals surface area contributed by atoms with E-state index in [2.05, 4.69) is 5.32 Å². The lowest BCUT2D eigenvalue weighted by molar-refractivity contribution is -0.131. The van der Waals surface area contributed by atoms with Crippen LogP contribution in [-0.4, -0.2) is 35.6 Å². The van der Waals surface area contributed by atoms with Crippen LogP contribution < -0.4 is 5.32 Å². The number of rotatable bonds is 5. The van der Waals surface area contributed by atoms with Gasteiger partial charge in [-0.25, -0.2) is 0 Å². The van der Waals surface area contributed by atoms with Crippen molar-refractivity contribution in [2.24, 2.45) is 0 Å². The number of carbonyl (C=O) groups excluding carboxylic acids is 3. The van der Waals surface area contributed by atoms with Gasteiger partial charge in [0.15, 0.2) is 5.78 Å². The maximum atomic E-state index is 12.2. The van der Waals surface area contributed by atoms with E-state index in [1.165, 1.54) is 6.92 Å². The summed E-state index contributed by atoms with van der Waals surface area (Å²) in [5, 5.41) is 2.75. The van der Waals surface area contributed by atoms with Crippen molar-refractivity contribution in [3.8, 4) is 0 Å². The summed E-state index contributed by atoms with van der Waals surface area (Å²) in [6.07, 6.45) is 0.428. The van der Waals surface area contributed by atoms with Gasteiger partial charge in [0.2, 0.25) is 11.8 Å². The van der Waals surface area contributed by atoms with Gasteiger partial charge in [-0.05, 0) is 24.6 Å². The molecule has 2 amide bonds. The van der Waals surface area contributed by atoms with Gasteiger partial charge in [0.05, 0.1) is 6.54 Å². The molecular weight excluding hydrogens is 316 g/mol. The molecule has 1 N–H and O–H groups in total. The van der Waals surface area contributed by atoms with Gasteiger partial charge in [-0.15, -0.1) is 0 Å². The van der Waals surface area contributed by atoms with Crippen LogP contribution in [0.1, 0.15) is 35.2 Å². The van der Waals surface area contributed by atoms with Crippen LogP contribution in [0.4, 0.5) is 5.69 Å². The number of likely N-dealkylation sites (tertiary alicyclic amines) is 1. The van der Waals surface area contributed by atoms with Crippen LogP contribution in [0.15, 0.2) is 54.6 Å². The van der Waals surface area contributed by atoms with E-state index in [1.807, 2.05) is 30.3 Å². The van der Waals surface area contributed by atoms with Gasteiger partial charge < -0.3 is 10.2 Å². The average Bonchev–Trinajstić information content (AvgIpc) is 2.96. The maximum Gasteiger partial charge on any atom is 0.243 e. The molecule has 2 aromatic rings. The fourth-order valence-corrected chi connectivity index (χ4v) is 3.06. The van der Waals surface area contributed by atoms with Crippen molar-refractivity contribution < 1.29 is 14.4 Å². The number of hydrogen-bond donors (Lipinski definition) is 1. The number of ketones is 1. The third kappa shape index (κ3) is 4.12. The molecule has 1 aliphatic rings. The van der Waals surface area contributed by atoms with Crippen LogP contribution in [0.5, 0.6) is 0 Å². The van der Waals surface area contributed by atoms with Gasteiger partial charge in [0.25, 0.3) is 0 Å². The summed E-state index contributed by atoms with van der Waals surface area (Å²) < 4.78 is 0. The smallest absolute Gasteiger partial charge is 0.243 e. The molecule has 0 radical (unpaired) electrons. The van der Waals surface area contributed by atoms with Crippen LogP contribution in [-0.2, 0) is 9.59 Å². The topological polar surface area (TPSA) is 66.5 Å². The number of carbonyl (C=O) groups is 3. The van der Waals surface area contributed by atoms with Crippen LogP contribution in [0.3, 0.4) is 0 Å². The minimum atomic E-state index is -0.261. The Labute approximate surface area is 146 Å². The molecule has 1 saturated heterocycles. The lowest BCUT2D eigenvalue weighted by atomic mass is 9.99. The molecule has 1 aliphatic heterocycles. The minimum Gasteiger partial charge on any atom is -0.333 e. The minimum absolute atomic E-state index is 0.0125. The molecule has 1 unspecified atom stereocenters. The van der Waals surface area contributed by atoms with Crippen molar-refractivity contribution in [2.75, 3.05) is 18.4 Å². The van der Waals surface area contributed by atoms with Gasteiger partial charge in [-0.3, -0.25) is 14.4 Å². The largest absolute Gasteiger partial charge is 0.333 e. The second-order valence-corrected chi connectivity index (χ2v) is 6.27. The molecule has 0 spiro atoms. The van der Waals surface area contributed by atoms with Crippen LogP contribution in [0.2, 0.25) is 0 Å². The Bertz CT molecular complexity index is 802. The number of benzene rings is 2. The number of nitrogens with zero attached hydrogens (tertiary/aromatic N) is 1.